The molecular formula is C14H14Cl2N2O4. The van der Waals surface area contributed by atoms with E-state index in [1.54, 1.807) is 0 Å². The van der Waals surface area contributed by atoms with Crippen LogP contribution in [0, 0.1) is 0 Å². The van der Waals surface area contributed by atoms with Gasteiger partial charge in [-0.25, -0.2) is 0 Å². The first-order chi connectivity index (χ1) is 10.4. The molecule has 8 heteroatoms. The van der Waals surface area contributed by atoms with Crippen LogP contribution in [0.25, 0.3) is 0 Å². The van der Waals surface area contributed by atoms with Crippen LogP contribution in [0.4, 0.5) is 0 Å². The van der Waals surface area contributed by atoms with Crippen molar-refractivity contribution in [1.29, 1.82) is 0 Å². The van der Waals surface area contributed by atoms with Crippen molar-refractivity contribution in [2.45, 2.75) is 0 Å². The van der Waals surface area contributed by atoms with E-state index in [1.807, 2.05) is 0 Å². The molecule has 0 atom stereocenters. The predicted molar refractivity (Wildman–Crippen MR) is 83.0 cm³/mol. The van der Waals surface area contributed by atoms with Crippen molar-refractivity contribution in [3.05, 3.63) is 46.5 Å². The Bertz CT molecular complexity index is 590. The van der Waals surface area contributed by atoms with Gasteiger partial charge >= 0.3 is 5.97 Å². The number of rotatable bonds is 7. The number of amides is 2. The van der Waals surface area contributed by atoms with Crippen molar-refractivity contribution < 1.29 is 19.1 Å². The van der Waals surface area contributed by atoms with E-state index in [4.69, 9.17) is 23.2 Å². The molecule has 22 heavy (non-hydrogen) atoms. The molecule has 0 aliphatic heterocycles. The highest BCUT2D eigenvalue weighted by atomic mass is 35.5. The first kappa shape index (κ1) is 18.0. The van der Waals surface area contributed by atoms with E-state index in [2.05, 4.69) is 21.9 Å². The van der Waals surface area contributed by atoms with Gasteiger partial charge < -0.3 is 15.4 Å². The number of hydrogen-bond donors (Lipinski definition) is 2. The zero-order valence-corrected chi connectivity index (χ0v) is 13.0. The van der Waals surface area contributed by atoms with Crippen LogP contribution in [0.5, 0.6) is 0 Å². The Morgan fingerprint density at radius 2 is 1.95 bits per heavy atom. The largest absolute Gasteiger partial charge is 0.454 e. The molecular weight excluding hydrogens is 331 g/mol. The van der Waals surface area contributed by atoms with Crippen molar-refractivity contribution in [3.8, 4) is 0 Å². The maximum absolute atomic E-state index is 11.8. The number of esters is 1. The van der Waals surface area contributed by atoms with Crippen LogP contribution in [-0.4, -0.2) is 37.5 Å². The molecule has 1 aromatic rings. The average molecular weight is 345 g/mol. The Hall–Kier alpha value is -2.05. The normalized spacial score (nSPS) is 9.73. The molecule has 0 heterocycles. The molecule has 0 spiro atoms. The van der Waals surface area contributed by atoms with Gasteiger partial charge in [0.05, 0.1) is 10.6 Å². The lowest BCUT2D eigenvalue weighted by atomic mass is 10.2. The topological polar surface area (TPSA) is 84.5 Å². The van der Waals surface area contributed by atoms with Crippen LogP contribution in [0.2, 0.25) is 10.0 Å². The maximum atomic E-state index is 11.8. The molecule has 2 N–H and O–H groups in total. The third-order valence-corrected chi connectivity index (χ3v) is 2.92. The van der Waals surface area contributed by atoms with Crippen molar-refractivity contribution in [3.63, 3.8) is 0 Å². The smallest absolute Gasteiger partial charge is 0.325 e. The summed E-state index contributed by atoms with van der Waals surface area (Å²) in [5.74, 6) is -1.75. The van der Waals surface area contributed by atoms with E-state index >= 15 is 0 Å². The van der Waals surface area contributed by atoms with Crippen molar-refractivity contribution in [1.82, 2.24) is 10.6 Å². The predicted octanol–water partition coefficient (Wildman–Crippen LogP) is 1.57. The fourth-order valence-electron chi connectivity index (χ4n) is 1.36. The minimum atomic E-state index is -0.743. The highest BCUT2D eigenvalue weighted by Crippen LogP contribution is 2.20. The second kappa shape index (κ2) is 9.07. The van der Waals surface area contributed by atoms with Gasteiger partial charge in [0.2, 0.25) is 0 Å². The van der Waals surface area contributed by atoms with Crippen molar-refractivity contribution in [2.24, 2.45) is 0 Å². The number of nitrogens with one attached hydrogen (secondary N) is 2. The molecule has 0 aromatic heterocycles. The molecule has 0 radical (unpaired) electrons. The maximum Gasteiger partial charge on any atom is 0.325 e. The number of halogens is 2. The quantitative estimate of drug-likeness (QED) is 0.580. The average Bonchev–Trinajstić information content (AvgIpc) is 2.48. The first-order valence-electron chi connectivity index (χ1n) is 6.20. The molecule has 118 valence electrons. The molecule has 0 aliphatic rings. The third kappa shape index (κ3) is 6.15. The molecule has 0 aliphatic carbocycles. The summed E-state index contributed by atoms with van der Waals surface area (Å²) in [6, 6.07) is 4.36. The Kier molecular flexibility index (Phi) is 7.42. The van der Waals surface area contributed by atoms with E-state index in [9.17, 15) is 14.4 Å². The number of carbonyl (C=O) groups excluding carboxylic acids is 3. The Balaban J connectivity index is 2.39. The molecule has 2 amide bonds. The van der Waals surface area contributed by atoms with Crippen LogP contribution < -0.4 is 10.6 Å². The van der Waals surface area contributed by atoms with Crippen LogP contribution in [-0.2, 0) is 14.3 Å². The van der Waals surface area contributed by atoms with Gasteiger partial charge in [0.15, 0.2) is 6.61 Å². The molecule has 1 aromatic carbocycles. The van der Waals surface area contributed by atoms with Gasteiger partial charge in [-0.3, -0.25) is 14.4 Å². The minimum Gasteiger partial charge on any atom is -0.454 e. The van der Waals surface area contributed by atoms with Crippen LogP contribution in [0.1, 0.15) is 10.4 Å². The molecule has 1 rings (SSSR count). The first-order valence-corrected chi connectivity index (χ1v) is 6.96. The zero-order valence-electron chi connectivity index (χ0n) is 11.5. The van der Waals surface area contributed by atoms with Crippen LogP contribution in [0.15, 0.2) is 30.9 Å². The second-order valence-corrected chi connectivity index (χ2v) is 4.90. The Morgan fingerprint density at radius 1 is 1.23 bits per heavy atom. The van der Waals surface area contributed by atoms with Gasteiger partial charge in [-0.2, -0.15) is 0 Å². The number of benzene rings is 1. The highest BCUT2D eigenvalue weighted by Gasteiger charge is 2.13. The number of ether oxygens (including phenoxy) is 1. The summed E-state index contributed by atoms with van der Waals surface area (Å²) in [6.07, 6.45) is 1.50. The zero-order chi connectivity index (χ0) is 16.5. The molecule has 0 unspecified atom stereocenters. The van der Waals surface area contributed by atoms with Crippen molar-refractivity contribution in [2.75, 3.05) is 19.7 Å². The summed E-state index contributed by atoms with van der Waals surface area (Å²) in [6.45, 7) is 2.90. The molecule has 0 fully saturated rings. The molecule has 0 bridgehead atoms. The fourth-order valence-corrected chi connectivity index (χ4v) is 1.85. The Labute approximate surface area is 137 Å². The summed E-state index contributed by atoms with van der Waals surface area (Å²) in [7, 11) is 0. The lowest BCUT2D eigenvalue weighted by Crippen LogP contribution is -2.34. The number of carbonyl (C=O) groups is 3. The molecule has 6 nitrogen and oxygen atoms in total. The second-order valence-electron chi connectivity index (χ2n) is 4.06. The van der Waals surface area contributed by atoms with Crippen LogP contribution in [0.3, 0.4) is 0 Å². The summed E-state index contributed by atoms with van der Waals surface area (Å²) in [5.41, 5.74) is 0.183. The van der Waals surface area contributed by atoms with E-state index in [-0.39, 0.29) is 23.7 Å². The standard InChI is InChI=1S/C14H14Cl2N2O4/c1-2-5-17-12(19)8-22-13(20)7-18-14(21)10-4-3-9(15)6-11(10)16/h2-4,6H,1,5,7-8H2,(H,17,19)(H,18,21). The monoisotopic (exact) mass is 344 g/mol. The van der Waals surface area contributed by atoms with Crippen LogP contribution >= 0.6 is 23.2 Å². The summed E-state index contributed by atoms with van der Waals surface area (Å²) < 4.78 is 4.68. The van der Waals surface area contributed by atoms with E-state index in [1.165, 1.54) is 24.3 Å². The fraction of sp³-hybridized carbons (Fsp3) is 0.214. The lowest BCUT2D eigenvalue weighted by molar-refractivity contribution is -0.147. The van der Waals surface area contributed by atoms with Gasteiger partial charge in [0.25, 0.3) is 11.8 Å². The summed E-state index contributed by atoms with van der Waals surface area (Å²) in [5, 5.41) is 5.34. The minimum absolute atomic E-state index is 0.169. The molecule has 0 saturated heterocycles. The van der Waals surface area contributed by atoms with Gasteiger partial charge in [-0.1, -0.05) is 29.3 Å². The third-order valence-electron chi connectivity index (χ3n) is 2.38. The lowest BCUT2D eigenvalue weighted by Gasteiger charge is -2.07. The van der Waals surface area contributed by atoms with E-state index < -0.39 is 24.4 Å². The van der Waals surface area contributed by atoms with E-state index in [0.717, 1.165) is 0 Å². The number of hydrogen-bond acceptors (Lipinski definition) is 4. The Morgan fingerprint density at radius 3 is 2.59 bits per heavy atom. The highest BCUT2D eigenvalue weighted by molar-refractivity contribution is 6.36. The van der Waals surface area contributed by atoms with Crippen molar-refractivity contribution >= 4 is 41.0 Å². The SMILES string of the molecule is C=CCNC(=O)COC(=O)CNC(=O)c1ccc(Cl)cc1Cl. The molecule has 0 saturated carbocycles. The van der Waals surface area contributed by atoms with E-state index in [0.29, 0.717) is 5.02 Å². The van der Waals surface area contributed by atoms with Gasteiger partial charge in [-0.05, 0) is 18.2 Å². The summed E-state index contributed by atoms with van der Waals surface area (Å²) >= 11 is 11.6. The summed E-state index contributed by atoms with van der Waals surface area (Å²) in [4.78, 5) is 34.4. The van der Waals surface area contributed by atoms with Gasteiger partial charge in [-0.15, -0.1) is 6.58 Å². The van der Waals surface area contributed by atoms with Gasteiger partial charge in [0.1, 0.15) is 6.54 Å². The van der Waals surface area contributed by atoms with Gasteiger partial charge in [0, 0.05) is 11.6 Å².